The van der Waals surface area contributed by atoms with E-state index in [0.29, 0.717) is 0 Å². The van der Waals surface area contributed by atoms with Crippen molar-refractivity contribution < 1.29 is 4.79 Å². The Morgan fingerprint density at radius 2 is 2.17 bits per heavy atom. The summed E-state index contributed by atoms with van der Waals surface area (Å²) < 4.78 is 0. The molecule has 0 saturated carbocycles. The second kappa shape index (κ2) is 7.14. The average Bonchev–Trinajstić information content (AvgIpc) is 2.11. The molecule has 12 heavy (non-hydrogen) atoms. The van der Waals surface area contributed by atoms with Gasteiger partial charge in [-0.05, 0) is 12.8 Å². The first-order chi connectivity index (χ1) is 5.76. The van der Waals surface area contributed by atoms with Crippen molar-refractivity contribution in [1.82, 2.24) is 5.32 Å². The Morgan fingerprint density at radius 1 is 1.50 bits per heavy atom. The van der Waals surface area contributed by atoms with E-state index in [1.807, 2.05) is 0 Å². The lowest BCUT2D eigenvalue weighted by Crippen LogP contribution is -2.27. The van der Waals surface area contributed by atoms with Crippen LogP contribution in [0.4, 0.5) is 0 Å². The summed E-state index contributed by atoms with van der Waals surface area (Å²) in [6, 6.07) is 0. The maximum atomic E-state index is 11.3. The van der Waals surface area contributed by atoms with Gasteiger partial charge in [0.1, 0.15) is 0 Å². The van der Waals surface area contributed by atoms with E-state index in [1.54, 1.807) is 7.05 Å². The van der Waals surface area contributed by atoms with Crippen LogP contribution in [0, 0.1) is 12.8 Å². The van der Waals surface area contributed by atoms with Gasteiger partial charge < -0.3 is 5.32 Å². The molecule has 1 amide bonds. The largest absolute Gasteiger partial charge is 0.359 e. The molecule has 0 rings (SSSR count). The molecule has 1 unspecified atom stereocenters. The summed E-state index contributed by atoms with van der Waals surface area (Å²) in [6.07, 6.45) is 5.04. The van der Waals surface area contributed by atoms with E-state index in [-0.39, 0.29) is 11.8 Å². The summed E-state index contributed by atoms with van der Waals surface area (Å²) in [4.78, 5) is 11.3. The molecule has 2 nitrogen and oxygen atoms in total. The predicted octanol–water partition coefficient (Wildman–Crippen LogP) is 2.15. The van der Waals surface area contributed by atoms with E-state index in [1.165, 1.54) is 0 Å². The van der Waals surface area contributed by atoms with Crippen LogP contribution >= 0.6 is 0 Å². The zero-order chi connectivity index (χ0) is 9.40. The normalized spacial score (nSPS) is 12.6. The average molecular weight is 170 g/mol. The van der Waals surface area contributed by atoms with Crippen molar-refractivity contribution in [3.63, 3.8) is 0 Å². The molecule has 0 aliphatic rings. The third-order valence-corrected chi connectivity index (χ3v) is 2.06. The summed E-state index contributed by atoms with van der Waals surface area (Å²) in [6.45, 7) is 5.88. The summed E-state index contributed by atoms with van der Waals surface area (Å²) in [5, 5.41) is 2.70. The first kappa shape index (κ1) is 11.5. The molecule has 0 bridgehead atoms. The molecule has 0 aromatic heterocycles. The van der Waals surface area contributed by atoms with Crippen LogP contribution in [-0.2, 0) is 4.79 Å². The number of hydrogen-bond acceptors (Lipinski definition) is 1. The van der Waals surface area contributed by atoms with Crippen LogP contribution < -0.4 is 5.32 Å². The van der Waals surface area contributed by atoms with Crippen LogP contribution in [0.5, 0.6) is 0 Å². The number of rotatable bonds is 6. The fourth-order valence-electron chi connectivity index (χ4n) is 1.35. The Hall–Kier alpha value is -0.530. The smallest absolute Gasteiger partial charge is 0.222 e. The van der Waals surface area contributed by atoms with Crippen LogP contribution in [0.15, 0.2) is 0 Å². The third kappa shape index (κ3) is 4.37. The van der Waals surface area contributed by atoms with Gasteiger partial charge in [-0.15, -0.1) is 0 Å². The molecule has 0 saturated heterocycles. The van der Waals surface area contributed by atoms with Crippen LogP contribution in [0.2, 0.25) is 0 Å². The van der Waals surface area contributed by atoms with Crippen molar-refractivity contribution in [1.29, 1.82) is 0 Å². The van der Waals surface area contributed by atoms with Crippen LogP contribution in [0.3, 0.4) is 0 Å². The Balaban J connectivity index is 3.76. The maximum absolute atomic E-state index is 11.3. The number of nitrogens with one attached hydrogen (secondary N) is 1. The van der Waals surface area contributed by atoms with Crippen molar-refractivity contribution in [2.24, 2.45) is 5.92 Å². The van der Waals surface area contributed by atoms with Crippen molar-refractivity contribution in [3.05, 3.63) is 6.92 Å². The second-order valence-electron chi connectivity index (χ2n) is 3.10. The molecule has 0 spiro atoms. The number of hydrogen-bond donors (Lipinski definition) is 1. The van der Waals surface area contributed by atoms with E-state index in [2.05, 4.69) is 19.2 Å². The van der Waals surface area contributed by atoms with Gasteiger partial charge in [-0.3, -0.25) is 4.79 Å². The molecule has 0 aromatic carbocycles. The number of carbonyl (C=O) groups excluding carboxylic acids is 1. The van der Waals surface area contributed by atoms with Crippen LogP contribution in [-0.4, -0.2) is 13.0 Å². The highest BCUT2D eigenvalue weighted by Gasteiger charge is 2.14. The van der Waals surface area contributed by atoms with Crippen molar-refractivity contribution >= 4 is 5.91 Å². The molecule has 0 aliphatic heterocycles. The topological polar surface area (TPSA) is 29.1 Å². The molecule has 0 aromatic rings. The third-order valence-electron chi connectivity index (χ3n) is 2.06. The monoisotopic (exact) mass is 170 g/mol. The molecule has 0 fully saturated rings. The fraction of sp³-hybridized carbons (Fsp3) is 0.800. The van der Waals surface area contributed by atoms with Gasteiger partial charge in [-0.2, -0.15) is 0 Å². The lowest BCUT2D eigenvalue weighted by Gasteiger charge is -2.13. The summed E-state index contributed by atoms with van der Waals surface area (Å²) >= 11 is 0. The standard InChI is InChI=1S/C10H20NO/c1-4-6-8-9(7-5-2)10(12)11-3/h9H,1,4-8H2,2-3H3,(H,11,12). The molecule has 1 N–H and O–H groups in total. The Morgan fingerprint density at radius 3 is 2.58 bits per heavy atom. The highest BCUT2D eigenvalue weighted by atomic mass is 16.1. The van der Waals surface area contributed by atoms with Gasteiger partial charge in [-0.1, -0.05) is 33.1 Å². The minimum absolute atomic E-state index is 0.185. The molecule has 0 aliphatic carbocycles. The van der Waals surface area contributed by atoms with Gasteiger partial charge in [0, 0.05) is 13.0 Å². The van der Waals surface area contributed by atoms with Gasteiger partial charge in [-0.25, -0.2) is 0 Å². The highest BCUT2D eigenvalue weighted by molar-refractivity contribution is 5.78. The molecular weight excluding hydrogens is 150 g/mol. The second-order valence-corrected chi connectivity index (χ2v) is 3.10. The van der Waals surface area contributed by atoms with Crippen LogP contribution in [0.25, 0.3) is 0 Å². The lowest BCUT2D eigenvalue weighted by atomic mass is 9.96. The first-order valence-electron chi connectivity index (χ1n) is 4.77. The van der Waals surface area contributed by atoms with Crippen molar-refractivity contribution in [2.45, 2.75) is 39.0 Å². The number of carbonyl (C=O) groups is 1. The van der Waals surface area contributed by atoms with Gasteiger partial charge in [0.15, 0.2) is 0 Å². The summed E-state index contributed by atoms with van der Waals surface area (Å²) in [5.41, 5.74) is 0. The lowest BCUT2D eigenvalue weighted by molar-refractivity contribution is -0.124. The SMILES string of the molecule is [CH2]CCCC(CCC)C(=O)NC. The fourth-order valence-corrected chi connectivity index (χ4v) is 1.35. The van der Waals surface area contributed by atoms with Crippen LogP contribution in [0.1, 0.15) is 39.0 Å². The molecular formula is C10H20NO. The van der Waals surface area contributed by atoms with E-state index >= 15 is 0 Å². The number of amides is 1. The van der Waals surface area contributed by atoms with Gasteiger partial charge in [0.25, 0.3) is 0 Å². The zero-order valence-electron chi connectivity index (χ0n) is 8.23. The number of unbranched alkanes of at least 4 members (excludes halogenated alkanes) is 1. The maximum Gasteiger partial charge on any atom is 0.222 e. The zero-order valence-corrected chi connectivity index (χ0v) is 8.23. The predicted molar refractivity (Wildman–Crippen MR) is 51.7 cm³/mol. The van der Waals surface area contributed by atoms with E-state index in [4.69, 9.17) is 0 Å². The van der Waals surface area contributed by atoms with Gasteiger partial charge in [0.05, 0.1) is 0 Å². The molecule has 71 valence electrons. The van der Waals surface area contributed by atoms with Crippen molar-refractivity contribution in [3.8, 4) is 0 Å². The van der Waals surface area contributed by atoms with E-state index < -0.39 is 0 Å². The first-order valence-corrected chi connectivity index (χ1v) is 4.77. The summed E-state index contributed by atoms with van der Waals surface area (Å²) in [5.74, 6) is 0.395. The van der Waals surface area contributed by atoms with Crippen molar-refractivity contribution in [2.75, 3.05) is 7.05 Å². The van der Waals surface area contributed by atoms with E-state index in [9.17, 15) is 4.79 Å². The minimum Gasteiger partial charge on any atom is -0.359 e. The Kier molecular flexibility index (Phi) is 6.82. The Bertz CT molecular complexity index is 123. The van der Waals surface area contributed by atoms with Gasteiger partial charge >= 0.3 is 0 Å². The highest BCUT2D eigenvalue weighted by Crippen LogP contribution is 2.14. The molecule has 2 heteroatoms. The van der Waals surface area contributed by atoms with Gasteiger partial charge in [0.2, 0.25) is 5.91 Å². The summed E-state index contributed by atoms with van der Waals surface area (Å²) in [7, 11) is 1.70. The Labute approximate surface area is 75.7 Å². The quantitative estimate of drug-likeness (QED) is 0.650. The minimum atomic E-state index is 0.185. The molecule has 0 heterocycles. The molecule has 1 radical (unpaired) electrons. The molecule has 1 atom stereocenters. The van der Waals surface area contributed by atoms with E-state index in [0.717, 1.165) is 32.1 Å².